The number of halogens is 1. The molecule has 3 aromatic rings. The molecule has 3 nitrogen and oxygen atoms in total. The zero-order valence-corrected chi connectivity index (χ0v) is 13.2. The van der Waals surface area contributed by atoms with E-state index in [2.05, 4.69) is 4.98 Å². The molecule has 0 radical (unpaired) electrons. The van der Waals surface area contributed by atoms with E-state index < -0.39 is 0 Å². The summed E-state index contributed by atoms with van der Waals surface area (Å²) in [6, 6.07) is 16.1. The molecule has 1 aliphatic rings. The van der Waals surface area contributed by atoms with Crippen molar-refractivity contribution in [1.29, 1.82) is 0 Å². The molecule has 1 aliphatic carbocycles. The lowest BCUT2D eigenvalue weighted by molar-refractivity contribution is 0.0731. The molecule has 24 heavy (non-hydrogen) atoms. The quantitative estimate of drug-likeness (QED) is 0.722. The first-order chi connectivity index (χ1) is 11.7. The van der Waals surface area contributed by atoms with Gasteiger partial charge in [-0.15, -0.1) is 0 Å². The van der Waals surface area contributed by atoms with E-state index in [1.165, 1.54) is 12.1 Å². The molecular formula is C20H17FN2O. The van der Waals surface area contributed by atoms with Crippen molar-refractivity contribution in [2.24, 2.45) is 0 Å². The molecule has 0 spiro atoms. The molecule has 2 aromatic carbocycles. The maximum atomic E-state index is 13.1. The van der Waals surface area contributed by atoms with E-state index in [0.29, 0.717) is 12.1 Å². The van der Waals surface area contributed by atoms with Gasteiger partial charge in [-0.3, -0.25) is 9.78 Å². The van der Waals surface area contributed by atoms with Crippen LogP contribution in [0.15, 0.2) is 60.8 Å². The van der Waals surface area contributed by atoms with Crippen LogP contribution >= 0.6 is 0 Å². The Hall–Kier alpha value is -2.75. The topological polar surface area (TPSA) is 33.2 Å². The summed E-state index contributed by atoms with van der Waals surface area (Å²) < 4.78 is 13.1. The van der Waals surface area contributed by atoms with E-state index in [1.807, 2.05) is 35.2 Å². The first-order valence-corrected chi connectivity index (χ1v) is 8.11. The Morgan fingerprint density at radius 2 is 1.83 bits per heavy atom. The van der Waals surface area contributed by atoms with Crippen LogP contribution < -0.4 is 0 Å². The van der Waals surface area contributed by atoms with Gasteiger partial charge in [0.1, 0.15) is 5.82 Å². The Labute approximate surface area is 139 Å². The molecule has 1 fully saturated rings. The molecule has 0 saturated heterocycles. The van der Waals surface area contributed by atoms with Gasteiger partial charge in [0, 0.05) is 24.2 Å². The maximum Gasteiger partial charge on any atom is 0.256 e. The number of hydrogen-bond acceptors (Lipinski definition) is 2. The van der Waals surface area contributed by atoms with Crippen LogP contribution in [0.1, 0.15) is 28.8 Å². The lowest BCUT2D eigenvalue weighted by atomic mass is 10.1. The second-order valence-corrected chi connectivity index (χ2v) is 6.17. The van der Waals surface area contributed by atoms with E-state index in [1.54, 1.807) is 18.3 Å². The maximum absolute atomic E-state index is 13.1. The van der Waals surface area contributed by atoms with Gasteiger partial charge in [-0.05, 0) is 42.7 Å². The first-order valence-electron chi connectivity index (χ1n) is 8.11. The van der Waals surface area contributed by atoms with Crippen LogP contribution in [0.5, 0.6) is 0 Å². The molecule has 0 bridgehead atoms. The predicted molar refractivity (Wildman–Crippen MR) is 91.0 cm³/mol. The Morgan fingerprint density at radius 3 is 2.58 bits per heavy atom. The molecule has 4 heteroatoms. The zero-order valence-electron chi connectivity index (χ0n) is 13.2. The van der Waals surface area contributed by atoms with Gasteiger partial charge in [0.25, 0.3) is 5.91 Å². The number of carbonyl (C=O) groups excluding carboxylic acids is 1. The van der Waals surface area contributed by atoms with Gasteiger partial charge >= 0.3 is 0 Å². The number of fused-ring (bicyclic) bond motifs is 1. The van der Waals surface area contributed by atoms with Gasteiger partial charge in [0.2, 0.25) is 0 Å². The first kappa shape index (κ1) is 14.8. The molecule has 4 rings (SSSR count). The van der Waals surface area contributed by atoms with Gasteiger partial charge in [0.15, 0.2) is 0 Å². The van der Waals surface area contributed by atoms with E-state index in [4.69, 9.17) is 0 Å². The summed E-state index contributed by atoms with van der Waals surface area (Å²) in [5.41, 5.74) is 2.29. The Kier molecular flexibility index (Phi) is 3.73. The second kappa shape index (κ2) is 6.04. The van der Waals surface area contributed by atoms with E-state index >= 15 is 0 Å². The summed E-state index contributed by atoms with van der Waals surface area (Å²) >= 11 is 0. The average molecular weight is 320 g/mol. The van der Waals surface area contributed by atoms with Crippen LogP contribution in [0.4, 0.5) is 4.39 Å². The monoisotopic (exact) mass is 320 g/mol. The van der Waals surface area contributed by atoms with Crippen LogP contribution in [-0.2, 0) is 6.54 Å². The van der Waals surface area contributed by atoms with Crippen LogP contribution in [0.25, 0.3) is 10.9 Å². The normalized spacial score (nSPS) is 13.9. The van der Waals surface area contributed by atoms with Crippen molar-refractivity contribution in [1.82, 2.24) is 9.88 Å². The largest absolute Gasteiger partial charge is 0.331 e. The van der Waals surface area contributed by atoms with Crippen molar-refractivity contribution in [3.8, 4) is 0 Å². The fourth-order valence-electron chi connectivity index (χ4n) is 2.97. The Balaban J connectivity index is 1.68. The van der Waals surface area contributed by atoms with Crippen LogP contribution in [0, 0.1) is 5.82 Å². The summed E-state index contributed by atoms with van der Waals surface area (Å²) in [7, 11) is 0. The highest BCUT2D eigenvalue weighted by Crippen LogP contribution is 2.31. The highest BCUT2D eigenvalue weighted by Gasteiger charge is 2.33. The van der Waals surface area contributed by atoms with Crippen LogP contribution in [-0.4, -0.2) is 21.8 Å². The molecular weight excluding hydrogens is 303 g/mol. The van der Waals surface area contributed by atoms with Crippen LogP contribution in [0.2, 0.25) is 0 Å². The van der Waals surface area contributed by atoms with Crippen molar-refractivity contribution in [3.63, 3.8) is 0 Å². The fraction of sp³-hybridized carbons (Fsp3) is 0.200. The minimum atomic E-state index is -0.263. The third kappa shape index (κ3) is 2.87. The molecule has 1 aromatic heterocycles. The molecule has 1 amide bonds. The lowest BCUT2D eigenvalue weighted by Gasteiger charge is -2.23. The number of aromatic nitrogens is 1. The average Bonchev–Trinajstić information content (AvgIpc) is 3.45. The third-order valence-corrected chi connectivity index (χ3v) is 4.38. The number of nitrogens with zero attached hydrogens (tertiary/aromatic N) is 2. The summed E-state index contributed by atoms with van der Waals surface area (Å²) in [5.74, 6) is -0.271. The number of benzene rings is 2. The van der Waals surface area contributed by atoms with Gasteiger partial charge in [-0.1, -0.05) is 30.3 Å². The van der Waals surface area contributed by atoms with Crippen molar-refractivity contribution in [2.45, 2.75) is 25.4 Å². The minimum absolute atomic E-state index is 0.00822. The van der Waals surface area contributed by atoms with Gasteiger partial charge in [-0.2, -0.15) is 0 Å². The number of hydrogen-bond donors (Lipinski definition) is 0. The minimum Gasteiger partial charge on any atom is -0.331 e. The fourth-order valence-corrected chi connectivity index (χ4v) is 2.97. The van der Waals surface area contributed by atoms with Crippen molar-refractivity contribution < 1.29 is 9.18 Å². The molecule has 0 aliphatic heterocycles. The van der Waals surface area contributed by atoms with Gasteiger partial charge in [0.05, 0.1) is 11.1 Å². The zero-order chi connectivity index (χ0) is 16.5. The van der Waals surface area contributed by atoms with Crippen molar-refractivity contribution >= 4 is 16.8 Å². The molecule has 1 heterocycles. The summed E-state index contributed by atoms with van der Waals surface area (Å²) in [6.07, 6.45) is 3.75. The number of amides is 1. The highest BCUT2D eigenvalue weighted by atomic mass is 19.1. The Morgan fingerprint density at radius 1 is 1.08 bits per heavy atom. The second-order valence-electron chi connectivity index (χ2n) is 6.17. The van der Waals surface area contributed by atoms with E-state index in [-0.39, 0.29) is 17.8 Å². The smallest absolute Gasteiger partial charge is 0.256 e. The molecule has 0 N–H and O–H groups in total. The molecule has 120 valence electrons. The predicted octanol–water partition coefficient (Wildman–Crippen LogP) is 4.18. The SMILES string of the molecule is O=C(c1cccc2cccnc12)N(Cc1ccc(F)cc1)C1CC1. The van der Waals surface area contributed by atoms with Crippen molar-refractivity contribution in [3.05, 3.63) is 77.7 Å². The molecule has 1 saturated carbocycles. The van der Waals surface area contributed by atoms with Crippen LogP contribution in [0.3, 0.4) is 0 Å². The summed E-state index contributed by atoms with van der Waals surface area (Å²) in [6.45, 7) is 0.493. The lowest BCUT2D eigenvalue weighted by Crippen LogP contribution is -2.32. The van der Waals surface area contributed by atoms with Gasteiger partial charge in [-0.25, -0.2) is 4.39 Å². The number of para-hydroxylation sites is 1. The molecule has 0 atom stereocenters. The number of pyridine rings is 1. The third-order valence-electron chi connectivity index (χ3n) is 4.38. The van der Waals surface area contributed by atoms with E-state index in [9.17, 15) is 9.18 Å². The standard InChI is InChI=1S/C20H17FN2O/c21-16-8-6-14(7-9-16)13-23(17-10-11-17)20(24)18-5-1-3-15-4-2-12-22-19(15)18/h1-9,12,17H,10-11,13H2. The highest BCUT2D eigenvalue weighted by molar-refractivity contribution is 6.05. The number of carbonyl (C=O) groups is 1. The summed E-state index contributed by atoms with van der Waals surface area (Å²) in [5, 5.41) is 0.959. The van der Waals surface area contributed by atoms with E-state index in [0.717, 1.165) is 29.3 Å². The van der Waals surface area contributed by atoms with Crippen molar-refractivity contribution in [2.75, 3.05) is 0 Å². The number of rotatable bonds is 4. The molecule has 0 unspecified atom stereocenters. The summed E-state index contributed by atoms with van der Waals surface area (Å²) in [4.78, 5) is 19.4. The Bertz CT molecular complexity index is 882. The van der Waals surface area contributed by atoms with Gasteiger partial charge < -0.3 is 4.90 Å².